The van der Waals surface area contributed by atoms with E-state index < -0.39 is 66.0 Å². The summed E-state index contributed by atoms with van der Waals surface area (Å²) in [6.45, 7) is 5.09. The van der Waals surface area contributed by atoms with Gasteiger partial charge in [-0.05, 0) is 37.7 Å². The molecule has 0 aromatic rings. The Bertz CT molecular complexity index is 1050. The summed E-state index contributed by atoms with van der Waals surface area (Å²) in [5.41, 5.74) is 6.19. The van der Waals surface area contributed by atoms with Crippen LogP contribution in [0, 0.1) is 17.8 Å². The normalized spacial score (nSPS) is 29.3. The number of nitrogens with one attached hydrogen (secondary N) is 1. The van der Waals surface area contributed by atoms with Crippen molar-refractivity contribution in [2.75, 3.05) is 12.9 Å². The maximum absolute atomic E-state index is 13.1. The van der Waals surface area contributed by atoms with Gasteiger partial charge in [-0.25, -0.2) is 0 Å². The van der Waals surface area contributed by atoms with Crippen molar-refractivity contribution < 1.29 is 48.8 Å². The van der Waals surface area contributed by atoms with Gasteiger partial charge in [0.1, 0.15) is 24.0 Å². The van der Waals surface area contributed by atoms with E-state index in [1.165, 1.54) is 18.9 Å². The molecule has 242 valence electrons. The first kappa shape index (κ1) is 36.6. The van der Waals surface area contributed by atoms with Gasteiger partial charge in [0.15, 0.2) is 0 Å². The number of ketones is 1. The number of nitrogens with two attached hydrogens (primary N) is 1. The Kier molecular flexibility index (Phi) is 15.0. The van der Waals surface area contributed by atoms with E-state index in [1.54, 1.807) is 32.9 Å². The number of carboxylic acid groups (broad SMARTS) is 1. The monoisotopic (exact) mass is 626 g/mol. The van der Waals surface area contributed by atoms with Crippen LogP contribution >= 0.6 is 11.8 Å². The van der Waals surface area contributed by atoms with E-state index in [1.807, 2.05) is 6.08 Å². The van der Waals surface area contributed by atoms with Crippen molar-refractivity contribution in [2.24, 2.45) is 23.5 Å². The number of carboxylic acids is 1. The molecule has 0 bridgehead atoms. The van der Waals surface area contributed by atoms with Crippen molar-refractivity contribution >= 4 is 41.3 Å². The molecule has 0 aromatic carbocycles. The van der Waals surface area contributed by atoms with E-state index in [4.69, 9.17) is 20.3 Å². The van der Waals surface area contributed by atoms with Gasteiger partial charge in [-0.1, -0.05) is 32.1 Å². The van der Waals surface area contributed by atoms with Crippen molar-refractivity contribution in [1.29, 1.82) is 0 Å². The lowest BCUT2D eigenvalue weighted by molar-refractivity contribution is -0.153. The molecule has 6 N–H and O–H groups in total. The van der Waals surface area contributed by atoms with Crippen LogP contribution in [-0.2, 0) is 33.4 Å². The standard InChI is InChI=1S/C30H46N2O10S/c1-16(23(34)13-20(33)10-19-11-25(35)32-26(36)12-19)9-17(2)29-18(3)28(38)24(41-4)8-6-5-7-21(14-27(37)42-29)43-15-22(31)30(39)40/h6,8-9,16,18-22,24,28-29,33,38H,5,7,10-15,31H2,1-4H3,(H,39,40)(H,32,35,36)/b8-6+,17-9+/t16-,18-,20+,21?,22+,24-,28-,29-/m0/s1. The Labute approximate surface area is 256 Å². The fourth-order valence-corrected chi connectivity index (χ4v) is 6.54. The van der Waals surface area contributed by atoms with E-state index in [0.29, 0.717) is 18.4 Å². The highest BCUT2D eigenvalue weighted by Gasteiger charge is 2.35. The second-order valence-corrected chi connectivity index (χ2v) is 12.9. The fraction of sp³-hybridized carbons (Fsp3) is 0.700. The first-order valence-corrected chi connectivity index (χ1v) is 15.6. The Morgan fingerprint density at radius 2 is 1.88 bits per heavy atom. The lowest BCUT2D eigenvalue weighted by atomic mass is 9.86. The second kappa shape index (κ2) is 17.6. The number of amides is 2. The molecule has 1 unspecified atom stereocenters. The molecule has 0 aliphatic carbocycles. The zero-order chi connectivity index (χ0) is 32.3. The molecule has 2 amide bonds. The van der Waals surface area contributed by atoms with Crippen LogP contribution in [0.4, 0.5) is 0 Å². The minimum atomic E-state index is -1.12. The predicted molar refractivity (Wildman–Crippen MR) is 160 cm³/mol. The molecular formula is C30H46N2O10S. The number of hydrogen-bond donors (Lipinski definition) is 5. The summed E-state index contributed by atoms with van der Waals surface area (Å²) in [5.74, 6) is -4.19. The van der Waals surface area contributed by atoms with Gasteiger partial charge < -0.3 is 30.5 Å². The number of Topliss-reactive ketones (excluding diaryl/α,β-unsaturated/α-hetero) is 1. The number of piperidine rings is 1. The van der Waals surface area contributed by atoms with Gasteiger partial charge in [-0.15, -0.1) is 0 Å². The van der Waals surface area contributed by atoms with Crippen molar-refractivity contribution in [3.05, 3.63) is 23.8 Å². The molecule has 2 aliphatic rings. The van der Waals surface area contributed by atoms with Gasteiger partial charge in [0.25, 0.3) is 0 Å². The molecule has 8 atom stereocenters. The number of rotatable bonds is 12. The van der Waals surface area contributed by atoms with E-state index in [9.17, 15) is 34.2 Å². The van der Waals surface area contributed by atoms with Crippen LogP contribution in [0.5, 0.6) is 0 Å². The quantitative estimate of drug-likeness (QED) is 0.119. The predicted octanol–water partition coefficient (Wildman–Crippen LogP) is 1.51. The highest BCUT2D eigenvalue weighted by Crippen LogP contribution is 2.29. The number of aliphatic hydroxyl groups excluding tert-OH is 2. The van der Waals surface area contributed by atoms with Crippen molar-refractivity contribution in [3.63, 3.8) is 0 Å². The molecule has 12 nitrogen and oxygen atoms in total. The maximum atomic E-state index is 13.1. The number of carbonyl (C=O) groups excluding carboxylic acids is 4. The number of carbonyl (C=O) groups is 5. The second-order valence-electron chi connectivity index (χ2n) is 11.6. The number of aliphatic carboxylic acids is 1. The highest BCUT2D eigenvalue weighted by atomic mass is 32.2. The average molecular weight is 627 g/mol. The van der Waals surface area contributed by atoms with Crippen molar-refractivity contribution in [1.82, 2.24) is 5.32 Å². The zero-order valence-electron chi connectivity index (χ0n) is 25.3. The fourth-order valence-electron chi connectivity index (χ4n) is 5.36. The summed E-state index contributed by atoms with van der Waals surface area (Å²) in [7, 11) is 1.47. The van der Waals surface area contributed by atoms with Crippen LogP contribution in [0.25, 0.3) is 0 Å². The summed E-state index contributed by atoms with van der Waals surface area (Å²) >= 11 is 1.29. The van der Waals surface area contributed by atoms with E-state index in [2.05, 4.69) is 5.32 Å². The number of imide groups is 1. The third-order valence-electron chi connectivity index (χ3n) is 7.83. The number of ether oxygens (including phenoxy) is 2. The number of cyclic esters (lactones) is 1. The van der Waals surface area contributed by atoms with Crippen molar-refractivity contribution in [3.8, 4) is 0 Å². The zero-order valence-corrected chi connectivity index (χ0v) is 26.1. The number of methoxy groups -OCH3 is 1. The van der Waals surface area contributed by atoms with Crippen LogP contribution in [0.3, 0.4) is 0 Å². The molecule has 13 heteroatoms. The van der Waals surface area contributed by atoms with Gasteiger partial charge in [0.05, 0.1) is 18.6 Å². The molecule has 2 heterocycles. The third kappa shape index (κ3) is 12.1. The summed E-state index contributed by atoms with van der Waals surface area (Å²) in [5, 5.41) is 32.7. The number of allylic oxidation sites excluding steroid dienone is 2. The first-order chi connectivity index (χ1) is 20.2. The summed E-state index contributed by atoms with van der Waals surface area (Å²) in [6, 6.07) is -1.06. The molecule has 1 fully saturated rings. The molecule has 0 radical (unpaired) electrons. The number of aliphatic hydroxyl groups is 2. The number of hydrogen-bond acceptors (Lipinski definition) is 11. The minimum Gasteiger partial charge on any atom is -0.480 e. The van der Waals surface area contributed by atoms with Crippen LogP contribution in [0.15, 0.2) is 23.8 Å². The number of thioether (sulfide) groups is 1. The Balaban J connectivity index is 2.17. The molecule has 1 saturated heterocycles. The van der Waals surface area contributed by atoms with E-state index in [0.717, 1.165) is 0 Å². The van der Waals surface area contributed by atoms with Gasteiger partial charge in [0, 0.05) is 49.2 Å². The third-order valence-corrected chi connectivity index (χ3v) is 9.25. The number of esters is 1. The highest BCUT2D eigenvalue weighted by molar-refractivity contribution is 8.00. The molecule has 2 aliphatic heterocycles. The SMILES string of the molecule is CO[C@H]1/C=C/CCC(SC[C@@H](N)C(=O)O)CC(=O)O[C@@H](/C(C)=C/[C@H](C)C(=O)C[C@H](O)CC2CC(=O)NC(=O)C2)[C@@H](C)[C@@H]1O. The Hall–Kier alpha value is -2.58. The average Bonchev–Trinajstić information content (AvgIpc) is 2.92. The summed E-state index contributed by atoms with van der Waals surface area (Å²) in [4.78, 5) is 60.5. The van der Waals surface area contributed by atoms with Crippen LogP contribution in [0.1, 0.15) is 65.7 Å². The summed E-state index contributed by atoms with van der Waals surface area (Å²) in [6.07, 6.45) is 2.96. The van der Waals surface area contributed by atoms with E-state index in [-0.39, 0.29) is 54.8 Å². The van der Waals surface area contributed by atoms with Crippen LogP contribution < -0.4 is 11.1 Å². The molecule has 0 saturated carbocycles. The largest absolute Gasteiger partial charge is 0.480 e. The molecule has 2 rings (SSSR count). The first-order valence-electron chi connectivity index (χ1n) is 14.6. The Morgan fingerprint density at radius 3 is 2.49 bits per heavy atom. The topological polar surface area (TPSA) is 203 Å². The molecule has 0 spiro atoms. The van der Waals surface area contributed by atoms with Crippen LogP contribution in [0.2, 0.25) is 0 Å². The maximum Gasteiger partial charge on any atom is 0.321 e. The molecular weight excluding hydrogens is 580 g/mol. The smallest absolute Gasteiger partial charge is 0.321 e. The molecule has 43 heavy (non-hydrogen) atoms. The van der Waals surface area contributed by atoms with Crippen molar-refractivity contribution in [2.45, 2.75) is 101 Å². The van der Waals surface area contributed by atoms with Crippen LogP contribution in [-0.4, -0.2) is 93.4 Å². The minimum absolute atomic E-state index is 0.00746. The molecule has 0 aromatic heterocycles. The van der Waals surface area contributed by atoms with E-state index >= 15 is 0 Å². The van der Waals surface area contributed by atoms with Gasteiger partial charge in [-0.3, -0.25) is 29.3 Å². The lowest BCUT2D eigenvalue weighted by Crippen LogP contribution is -2.41. The van der Waals surface area contributed by atoms with Gasteiger partial charge in [0.2, 0.25) is 11.8 Å². The lowest BCUT2D eigenvalue weighted by Gasteiger charge is -2.32. The van der Waals surface area contributed by atoms with Gasteiger partial charge >= 0.3 is 11.9 Å². The van der Waals surface area contributed by atoms with Gasteiger partial charge in [-0.2, -0.15) is 11.8 Å². The Morgan fingerprint density at radius 1 is 1.23 bits per heavy atom. The summed E-state index contributed by atoms with van der Waals surface area (Å²) < 4.78 is 11.4.